The van der Waals surface area contributed by atoms with Crippen LogP contribution in [0.25, 0.3) is 10.2 Å². The molecule has 3 aromatic rings. The van der Waals surface area contributed by atoms with Crippen molar-refractivity contribution >= 4 is 32.6 Å². The van der Waals surface area contributed by atoms with E-state index in [9.17, 15) is 18.0 Å². The number of anilines is 1. The molecule has 1 heterocycles. The highest BCUT2D eigenvalue weighted by atomic mass is 32.1. The third kappa shape index (κ3) is 5.45. The van der Waals surface area contributed by atoms with Crippen molar-refractivity contribution in [1.29, 1.82) is 0 Å². The number of fused-ring (bicyclic) bond motifs is 1. The average molecular weight is 423 g/mol. The van der Waals surface area contributed by atoms with Gasteiger partial charge in [-0.1, -0.05) is 29.0 Å². The largest absolute Gasteiger partial charge is 0.573 e. The molecule has 0 radical (unpaired) electrons. The van der Waals surface area contributed by atoms with Gasteiger partial charge in [-0.2, -0.15) is 0 Å². The Morgan fingerprint density at radius 3 is 2.55 bits per heavy atom. The number of likely N-dealkylation sites (N-methyl/N-ethyl adjacent to an activating group) is 1. The molecule has 2 aromatic carbocycles. The van der Waals surface area contributed by atoms with E-state index < -0.39 is 6.36 Å². The van der Waals surface area contributed by atoms with Gasteiger partial charge in [0.05, 0.1) is 10.2 Å². The minimum atomic E-state index is -4.76. The van der Waals surface area contributed by atoms with Crippen LogP contribution < -0.4 is 9.64 Å². The summed E-state index contributed by atoms with van der Waals surface area (Å²) in [5.74, 6) is -0.522. The molecule has 0 bridgehead atoms. The summed E-state index contributed by atoms with van der Waals surface area (Å²) in [6, 6.07) is 11.2. The number of aromatic nitrogens is 1. The van der Waals surface area contributed by atoms with E-state index in [2.05, 4.69) is 9.72 Å². The molecule has 29 heavy (non-hydrogen) atoms. The number of carbonyl (C=O) groups excluding carboxylic acids is 1. The first kappa shape index (κ1) is 21.1. The lowest BCUT2D eigenvalue weighted by atomic mass is 10.1. The number of amides is 1. The Balaban J connectivity index is 1.96. The van der Waals surface area contributed by atoms with Crippen molar-refractivity contribution < 1.29 is 22.7 Å². The number of carbonyl (C=O) groups is 1. The number of hydrogen-bond donors (Lipinski definition) is 0. The Kier molecular flexibility index (Phi) is 6.09. The molecular formula is C20H20F3N3O2S. The van der Waals surface area contributed by atoms with E-state index in [1.807, 2.05) is 38.1 Å². The Morgan fingerprint density at radius 2 is 1.90 bits per heavy atom. The minimum Gasteiger partial charge on any atom is -0.406 e. The van der Waals surface area contributed by atoms with Crippen LogP contribution in [0.4, 0.5) is 18.3 Å². The van der Waals surface area contributed by atoms with E-state index in [1.54, 1.807) is 17.0 Å². The van der Waals surface area contributed by atoms with Crippen molar-refractivity contribution in [1.82, 2.24) is 9.88 Å². The standard InChI is InChI=1S/C20H20F3N3O2S/c1-13-5-4-6-14(11-13)18(27)26(10-9-25(2)3)19-24-16-8-7-15(12-17(16)29-19)28-20(21,22)23/h4-8,11-12H,9-10H2,1-3H3. The monoisotopic (exact) mass is 423 g/mol. The maximum absolute atomic E-state index is 13.1. The number of halogens is 3. The second-order valence-electron chi connectivity index (χ2n) is 6.80. The van der Waals surface area contributed by atoms with E-state index in [0.29, 0.717) is 34.0 Å². The summed E-state index contributed by atoms with van der Waals surface area (Å²) in [5.41, 5.74) is 2.00. The van der Waals surface area contributed by atoms with Gasteiger partial charge in [-0.3, -0.25) is 9.69 Å². The molecule has 0 unspecified atom stereocenters. The normalized spacial score (nSPS) is 11.8. The molecule has 0 saturated carbocycles. The zero-order valence-electron chi connectivity index (χ0n) is 16.2. The minimum absolute atomic E-state index is 0.207. The smallest absolute Gasteiger partial charge is 0.406 e. The molecule has 5 nitrogen and oxygen atoms in total. The number of hydrogen-bond acceptors (Lipinski definition) is 5. The number of rotatable bonds is 6. The fourth-order valence-electron chi connectivity index (χ4n) is 2.72. The summed E-state index contributed by atoms with van der Waals surface area (Å²) in [7, 11) is 3.79. The second kappa shape index (κ2) is 8.38. The first-order valence-corrected chi connectivity index (χ1v) is 9.63. The van der Waals surface area contributed by atoms with Gasteiger partial charge in [0, 0.05) is 24.7 Å². The Bertz CT molecular complexity index is 1020. The summed E-state index contributed by atoms with van der Waals surface area (Å²) in [5, 5.41) is 0.428. The molecule has 154 valence electrons. The number of ether oxygens (including phenoxy) is 1. The molecule has 3 rings (SSSR count). The van der Waals surface area contributed by atoms with Crippen LogP contribution in [0.15, 0.2) is 42.5 Å². The van der Waals surface area contributed by atoms with Gasteiger partial charge in [0.15, 0.2) is 5.13 Å². The van der Waals surface area contributed by atoms with Crippen molar-refractivity contribution in [2.45, 2.75) is 13.3 Å². The molecule has 0 spiro atoms. The summed E-state index contributed by atoms with van der Waals surface area (Å²) < 4.78 is 41.9. The lowest BCUT2D eigenvalue weighted by Crippen LogP contribution is -2.36. The lowest BCUT2D eigenvalue weighted by Gasteiger charge is -2.22. The van der Waals surface area contributed by atoms with Crippen LogP contribution in [-0.4, -0.2) is 49.3 Å². The molecule has 0 atom stereocenters. The van der Waals surface area contributed by atoms with Crippen molar-refractivity contribution in [3.63, 3.8) is 0 Å². The fraction of sp³-hybridized carbons (Fsp3) is 0.300. The topological polar surface area (TPSA) is 45.7 Å². The fourth-order valence-corrected chi connectivity index (χ4v) is 3.74. The van der Waals surface area contributed by atoms with Crippen LogP contribution >= 0.6 is 11.3 Å². The first-order chi connectivity index (χ1) is 13.6. The Hall–Kier alpha value is -2.65. The summed E-state index contributed by atoms with van der Waals surface area (Å²) in [6.45, 7) is 2.90. The van der Waals surface area contributed by atoms with Gasteiger partial charge in [0.2, 0.25) is 0 Å². The van der Waals surface area contributed by atoms with Crippen LogP contribution in [0.5, 0.6) is 5.75 Å². The highest BCUT2D eigenvalue weighted by Crippen LogP contribution is 2.33. The molecule has 1 aromatic heterocycles. The summed E-state index contributed by atoms with van der Waals surface area (Å²) in [4.78, 5) is 21.1. The highest BCUT2D eigenvalue weighted by molar-refractivity contribution is 7.22. The van der Waals surface area contributed by atoms with Gasteiger partial charge >= 0.3 is 6.36 Å². The van der Waals surface area contributed by atoms with Crippen LogP contribution in [-0.2, 0) is 0 Å². The van der Waals surface area contributed by atoms with E-state index in [-0.39, 0.29) is 11.7 Å². The van der Waals surface area contributed by atoms with Crippen molar-refractivity contribution in [2.24, 2.45) is 0 Å². The predicted octanol–water partition coefficient (Wildman–Crippen LogP) is 4.71. The number of alkyl halides is 3. The van der Waals surface area contributed by atoms with E-state index in [0.717, 1.165) is 16.9 Å². The Labute approximate surface area is 170 Å². The number of benzene rings is 2. The van der Waals surface area contributed by atoms with Gasteiger partial charge in [0.1, 0.15) is 5.75 Å². The van der Waals surface area contributed by atoms with Crippen LogP contribution in [0, 0.1) is 6.92 Å². The quantitative estimate of drug-likeness (QED) is 0.576. The molecule has 0 N–H and O–H groups in total. The zero-order valence-corrected chi connectivity index (χ0v) is 17.0. The van der Waals surface area contributed by atoms with Crippen LogP contribution in [0.1, 0.15) is 15.9 Å². The number of aryl methyl sites for hydroxylation is 1. The molecule has 0 aliphatic carbocycles. The zero-order chi connectivity index (χ0) is 21.2. The predicted molar refractivity (Wildman–Crippen MR) is 108 cm³/mol. The molecule has 9 heteroatoms. The van der Waals surface area contributed by atoms with Crippen LogP contribution in [0.2, 0.25) is 0 Å². The molecular weight excluding hydrogens is 403 g/mol. The second-order valence-corrected chi connectivity index (χ2v) is 7.81. The van der Waals surface area contributed by atoms with E-state index in [4.69, 9.17) is 0 Å². The van der Waals surface area contributed by atoms with Crippen molar-refractivity contribution in [3.05, 3.63) is 53.6 Å². The molecule has 0 saturated heterocycles. The highest BCUT2D eigenvalue weighted by Gasteiger charge is 2.31. The molecule has 1 amide bonds. The maximum Gasteiger partial charge on any atom is 0.573 e. The molecule has 0 aliphatic rings. The van der Waals surface area contributed by atoms with Gasteiger partial charge in [-0.05, 0) is 45.3 Å². The van der Waals surface area contributed by atoms with Gasteiger partial charge in [0.25, 0.3) is 5.91 Å². The van der Waals surface area contributed by atoms with Crippen molar-refractivity contribution in [3.8, 4) is 5.75 Å². The number of nitrogens with zero attached hydrogens (tertiary/aromatic N) is 3. The van der Waals surface area contributed by atoms with Crippen LogP contribution in [0.3, 0.4) is 0 Å². The van der Waals surface area contributed by atoms with Crippen molar-refractivity contribution in [2.75, 3.05) is 32.1 Å². The van der Waals surface area contributed by atoms with Gasteiger partial charge in [-0.15, -0.1) is 13.2 Å². The third-order valence-corrected chi connectivity index (χ3v) is 5.14. The SMILES string of the molecule is Cc1cccc(C(=O)N(CCN(C)C)c2nc3ccc(OC(F)(F)F)cc3s2)c1. The third-order valence-electron chi connectivity index (χ3n) is 4.09. The average Bonchev–Trinajstić information content (AvgIpc) is 3.03. The number of thiazole rings is 1. The van der Waals surface area contributed by atoms with E-state index in [1.165, 1.54) is 18.2 Å². The van der Waals surface area contributed by atoms with Gasteiger partial charge in [-0.25, -0.2) is 4.98 Å². The maximum atomic E-state index is 13.1. The first-order valence-electron chi connectivity index (χ1n) is 8.82. The van der Waals surface area contributed by atoms with Gasteiger partial charge < -0.3 is 9.64 Å². The molecule has 0 aliphatic heterocycles. The summed E-state index contributed by atoms with van der Waals surface area (Å²) in [6.07, 6.45) is -4.76. The molecule has 0 fully saturated rings. The lowest BCUT2D eigenvalue weighted by molar-refractivity contribution is -0.274. The Morgan fingerprint density at radius 1 is 1.14 bits per heavy atom. The van der Waals surface area contributed by atoms with E-state index >= 15 is 0 Å². The summed E-state index contributed by atoms with van der Waals surface area (Å²) >= 11 is 1.15.